The predicted octanol–water partition coefficient (Wildman–Crippen LogP) is 1.60. The predicted molar refractivity (Wildman–Crippen MR) is 74.8 cm³/mol. The number of aromatic carboxylic acids is 1. The highest BCUT2D eigenvalue weighted by molar-refractivity contribution is 7.94. The Balaban J connectivity index is 2.44. The molecule has 0 aromatic carbocycles. The lowest BCUT2D eigenvalue weighted by Crippen LogP contribution is -2.15. The van der Waals surface area contributed by atoms with Crippen molar-refractivity contribution in [1.82, 2.24) is 9.78 Å². The molecule has 0 aliphatic rings. The second-order valence-electron chi connectivity index (χ2n) is 4.27. The first-order valence-electron chi connectivity index (χ1n) is 5.57. The molecule has 0 fully saturated rings. The molecule has 2 rings (SSSR count). The average molecular weight is 315 g/mol. The van der Waals surface area contributed by atoms with Gasteiger partial charge in [-0.05, 0) is 25.5 Å². The van der Waals surface area contributed by atoms with Gasteiger partial charge in [0.15, 0.2) is 5.69 Å². The molecule has 0 aliphatic heterocycles. The Morgan fingerprint density at radius 1 is 1.45 bits per heavy atom. The van der Waals surface area contributed by atoms with Crippen molar-refractivity contribution < 1.29 is 18.3 Å². The maximum absolute atomic E-state index is 12.3. The summed E-state index contributed by atoms with van der Waals surface area (Å²) >= 11 is 1.14. The van der Waals surface area contributed by atoms with Gasteiger partial charge in [-0.1, -0.05) is 0 Å². The first kappa shape index (κ1) is 14.5. The lowest BCUT2D eigenvalue weighted by molar-refractivity contribution is 0.0686. The molecule has 2 heterocycles. The van der Waals surface area contributed by atoms with Crippen LogP contribution in [-0.2, 0) is 17.1 Å². The van der Waals surface area contributed by atoms with Gasteiger partial charge >= 0.3 is 5.97 Å². The van der Waals surface area contributed by atoms with E-state index >= 15 is 0 Å². The summed E-state index contributed by atoms with van der Waals surface area (Å²) in [6.45, 7) is 3.50. The normalized spacial score (nSPS) is 11.6. The Morgan fingerprint density at radius 2 is 2.10 bits per heavy atom. The molecule has 0 saturated heterocycles. The molecule has 0 amide bonds. The highest BCUT2D eigenvalue weighted by Gasteiger charge is 2.24. The molecule has 9 heteroatoms. The SMILES string of the molecule is Cc1cc(C)c(S(=O)(=O)Nc2cnn(C)c2C(=O)O)s1. The van der Waals surface area contributed by atoms with Gasteiger partial charge in [-0.2, -0.15) is 5.10 Å². The Kier molecular flexibility index (Phi) is 3.57. The topological polar surface area (TPSA) is 101 Å². The Bertz CT molecular complexity index is 774. The lowest BCUT2D eigenvalue weighted by Gasteiger charge is -2.06. The van der Waals surface area contributed by atoms with Crippen molar-refractivity contribution in [3.05, 3.63) is 28.4 Å². The monoisotopic (exact) mass is 315 g/mol. The van der Waals surface area contributed by atoms with Gasteiger partial charge in [-0.3, -0.25) is 9.40 Å². The van der Waals surface area contributed by atoms with E-state index in [-0.39, 0.29) is 15.6 Å². The van der Waals surface area contributed by atoms with E-state index in [2.05, 4.69) is 9.82 Å². The number of aromatic nitrogens is 2. The quantitative estimate of drug-likeness (QED) is 0.892. The summed E-state index contributed by atoms with van der Waals surface area (Å²) in [4.78, 5) is 12.0. The fourth-order valence-corrected chi connectivity index (χ4v) is 4.56. The second kappa shape index (κ2) is 4.91. The van der Waals surface area contributed by atoms with Crippen LogP contribution in [-0.4, -0.2) is 29.3 Å². The van der Waals surface area contributed by atoms with Crippen molar-refractivity contribution >= 4 is 33.0 Å². The number of nitrogens with one attached hydrogen (secondary N) is 1. The van der Waals surface area contributed by atoms with E-state index in [1.807, 2.05) is 6.92 Å². The molecule has 0 radical (unpaired) electrons. The molecule has 2 aromatic rings. The van der Waals surface area contributed by atoms with E-state index in [4.69, 9.17) is 5.11 Å². The first-order valence-corrected chi connectivity index (χ1v) is 7.87. The van der Waals surface area contributed by atoms with Gasteiger partial charge in [0, 0.05) is 11.9 Å². The van der Waals surface area contributed by atoms with Crippen molar-refractivity contribution in [1.29, 1.82) is 0 Å². The molecule has 108 valence electrons. The number of aryl methyl sites for hydroxylation is 3. The van der Waals surface area contributed by atoms with Crippen LogP contribution < -0.4 is 4.72 Å². The third kappa shape index (κ3) is 2.54. The molecule has 20 heavy (non-hydrogen) atoms. The lowest BCUT2D eigenvalue weighted by atomic mass is 10.4. The molecular formula is C11H13N3O4S2. The summed E-state index contributed by atoms with van der Waals surface area (Å²) in [7, 11) is -2.38. The van der Waals surface area contributed by atoms with Gasteiger partial charge in [0.25, 0.3) is 10.0 Å². The highest BCUT2D eigenvalue weighted by Crippen LogP contribution is 2.28. The molecule has 0 unspecified atom stereocenters. The summed E-state index contributed by atoms with van der Waals surface area (Å²) in [5, 5.41) is 12.8. The third-order valence-electron chi connectivity index (χ3n) is 2.63. The highest BCUT2D eigenvalue weighted by atomic mass is 32.2. The molecule has 0 spiro atoms. The van der Waals surface area contributed by atoms with Gasteiger partial charge in [0.05, 0.1) is 6.20 Å². The van der Waals surface area contributed by atoms with Crippen LogP contribution in [0.15, 0.2) is 16.5 Å². The third-order valence-corrected chi connectivity index (χ3v) is 5.78. The standard InChI is InChI=1S/C11H13N3O4S2/c1-6-4-7(2)19-11(6)20(17,18)13-8-5-12-14(3)9(8)10(15)16/h4-5,13H,1-3H3,(H,15,16). The molecule has 0 aliphatic carbocycles. The van der Waals surface area contributed by atoms with Crippen molar-refractivity contribution in [2.45, 2.75) is 18.1 Å². The minimum Gasteiger partial charge on any atom is -0.476 e. The van der Waals surface area contributed by atoms with Gasteiger partial charge in [0.2, 0.25) is 0 Å². The van der Waals surface area contributed by atoms with Gasteiger partial charge in [-0.15, -0.1) is 11.3 Å². The number of carbonyl (C=O) groups is 1. The number of anilines is 1. The summed E-state index contributed by atoms with van der Waals surface area (Å²) in [5.41, 5.74) is 0.366. The number of carboxylic acids is 1. The molecule has 0 atom stereocenters. The van der Waals surface area contributed by atoms with E-state index in [0.29, 0.717) is 5.56 Å². The molecule has 2 aromatic heterocycles. The Hall–Kier alpha value is -1.87. The van der Waals surface area contributed by atoms with E-state index in [0.717, 1.165) is 20.9 Å². The van der Waals surface area contributed by atoms with Gasteiger partial charge < -0.3 is 5.11 Å². The maximum Gasteiger partial charge on any atom is 0.356 e. The van der Waals surface area contributed by atoms with Crippen LogP contribution in [0, 0.1) is 13.8 Å². The maximum atomic E-state index is 12.3. The van der Waals surface area contributed by atoms with Crippen LogP contribution in [0.3, 0.4) is 0 Å². The smallest absolute Gasteiger partial charge is 0.356 e. The van der Waals surface area contributed by atoms with Crippen LogP contribution in [0.4, 0.5) is 5.69 Å². The van der Waals surface area contributed by atoms with E-state index < -0.39 is 16.0 Å². The number of nitrogens with zero attached hydrogens (tertiary/aromatic N) is 2. The van der Waals surface area contributed by atoms with Gasteiger partial charge in [0.1, 0.15) is 9.90 Å². The summed E-state index contributed by atoms with van der Waals surface area (Å²) in [5.74, 6) is -1.25. The van der Waals surface area contributed by atoms with Crippen molar-refractivity contribution in [3.8, 4) is 0 Å². The van der Waals surface area contributed by atoms with Crippen LogP contribution in [0.2, 0.25) is 0 Å². The van der Waals surface area contributed by atoms with E-state index in [1.54, 1.807) is 13.0 Å². The fraction of sp³-hybridized carbons (Fsp3) is 0.273. The summed E-state index contributed by atoms with van der Waals surface area (Å²) in [6, 6.07) is 1.76. The van der Waals surface area contributed by atoms with Crippen molar-refractivity contribution in [3.63, 3.8) is 0 Å². The molecule has 0 saturated carbocycles. The fourth-order valence-electron chi connectivity index (χ4n) is 1.84. The molecule has 0 bridgehead atoms. The number of hydrogen-bond acceptors (Lipinski definition) is 5. The zero-order valence-electron chi connectivity index (χ0n) is 11.0. The van der Waals surface area contributed by atoms with Crippen LogP contribution in [0.25, 0.3) is 0 Å². The number of carboxylic acid groups (broad SMARTS) is 1. The molecule has 7 nitrogen and oxygen atoms in total. The minimum absolute atomic E-state index is 0.0505. The number of hydrogen-bond donors (Lipinski definition) is 2. The summed E-state index contributed by atoms with van der Waals surface area (Å²) in [6.07, 6.45) is 1.18. The van der Waals surface area contributed by atoms with E-state index in [1.165, 1.54) is 13.2 Å². The van der Waals surface area contributed by atoms with Gasteiger partial charge in [-0.25, -0.2) is 13.2 Å². The van der Waals surface area contributed by atoms with E-state index in [9.17, 15) is 13.2 Å². The largest absolute Gasteiger partial charge is 0.476 e. The second-order valence-corrected chi connectivity index (χ2v) is 7.40. The number of rotatable bonds is 4. The van der Waals surface area contributed by atoms with Crippen LogP contribution in [0.1, 0.15) is 20.9 Å². The number of thiophene rings is 1. The average Bonchev–Trinajstić information content (AvgIpc) is 2.82. The number of sulfonamides is 1. The Labute approximate surface area is 119 Å². The van der Waals surface area contributed by atoms with Crippen LogP contribution >= 0.6 is 11.3 Å². The molecule has 2 N–H and O–H groups in total. The zero-order valence-corrected chi connectivity index (χ0v) is 12.7. The van der Waals surface area contributed by atoms with Crippen molar-refractivity contribution in [2.75, 3.05) is 4.72 Å². The molecular weight excluding hydrogens is 302 g/mol. The summed E-state index contributed by atoms with van der Waals surface area (Å²) < 4.78 is 28.1. The minimum atomic E-state index is -3.81. The Morgan fingerprint density at radius 3 is 2.60 bits per heavy atom. The first-order chi connectivity index (χ1) is 9.22. The van der Waals surface area contributed by atoms with Crippen molar-refractivity contribution in [2.24, 2.45) is 7.05 Å². The van der Waals surface area contributed by atoms with Crippen LogP contribution in [0.5, 0.6) is 0 Å². The zero-order chi connectivity index (χ0) is 15.1.